The van der Waals surface area contributed by atoms with Crippen LogP contribution in [0.4, 0.5) is 16.0 Å². The van der Waals surface area contributed by atoms with E-state index >= 15 is 0 Å². The van der Waals surface area contributed by atoms with E-state index in [1.54, 1.807) is 10.7 Å². The molecule has 2 aromatic heterocycles. The number of rotatable bonds is 5. The maximum Gasteiger partial charge on any atom is 0.252 e. The maximum absolute atomic E-state index is 14.8. The third-order valence-corrected chi connectivity index (χ3v) is 6.13. The molecule has 2 aromatic carbocycles. The minimum Gasteiger partial charge on any atom is -0.345 e. The highest BCUT2D eigenvalue weighted by Crippen LogP contribution is 2.32. The molecule has 8 heteroatoms. The number of nitrogens with one attached hydrogen (secondary N) is 2. The van der Waals surface area contributed by atoms with Gasteiger partial charge in [0.05, 0.1) is 11.7 Å². The molecular formula is C26H25FN6O. The van der Waals surface area contributed by atoms with Crippen molar-refractivity contribution < 1.29 is 9.18 Å². The first-order chi connectivity index (χ1) is 16.3. The van der Waals surface area contributed by atoms with Gasteiger partial charge in [0, 0.05) is 35.1 Å². The Bertz CT molecular complexity index is 1410. The first-order valence-electron chi connectivity index (χ1n) is 11.2. The van der Waals surface area contributed by atoms with Gasteiger partial charge in [-0.3, -0.25) is 9.78 Å². The second-order valence-electron chi connectivity index (χ2n) is 8.53. The zero-order valence-corrected chi connectivity index (χ0v) is 19.5. The molecule has 0 saturated carbocycles. The fourth-order valence-corrected chi connectivity index (χ4v) is 4.22. The van der Waals surface area contributed by atoms with Crippen LogP contribution in [0.1, 0.15) is 47.1 Å². The average molecular weight is 457 g/mol. The lowest BCUT2D eigenvalue weighted by atomic mass is 10.0. The fraction of sp³-hybridized carbons (Fsp3) is 0.231. The Morgan fingerprint density at radius 1 is 1.09 bits per heavy atom. The van der Waals surface area contributed by atoms with Gasteiger partial charge in [0.1, 0.15) is 5.82 Å². The molecule has 0 bridgehead atoms. The number of nitrogens with zero attached hydrogens (tertiary/aromatic N) is 4. The van der Waals surface area contributed by atoms with Crippen molar-refractivity contribution in [2.24, 2.45) is 0 Å². The molecule has 1 aliphatic heterocycles. The van der Waals surface area contributed by atoms with Crippen LogP contribution in [0.2, 0.25) is 0 Å². The smallest absolute Gasteiger partial charge is 0.252 e. The van der Waals surface area contributed by atoms with Crippen LogP contribution in [-0.2, 0) is 6.54 Å². The number of halogens is 1. The number of aromatic nitrogens is 4. The third kappa shape index (κ3) is 3.81. The summed E-state index contributed by atoms with van der Waals surface area (Å²) in [6.45, 7) is 8.37. The largest absolute Gasteiger partial charge is 0.345 e. The summed E-state index contributed by atoms with van der Waals surface area (Å²) in [5.41, 5.74) is 6.40. The van der Waals surface area contributed by atoms with E-state index in [0.29, 0.717) is 23.9 Å². The second kappa shape index (κ2) is 8.37. The zero-order chi connectivity index (χ0) is 24.0. The Kier molecular flexibility index (Phi) is 5.36. The highest BCUT2D eigenvalue weighted by atomic mass is 19.1. The molecule has 0 saturated heterocycles. The van der Waals surface area contributed by atoms with Crippen molar-refractivity contribution in [3.8, 4) is 22.5 Å². The van der Waals surface area contributed by atoms with Gasteiger partial charge in [-0.1, -0.05) is 24.3 Å². The molecule has 3 heterocycles. The van der Waals surface area contributed by atoms with Crippen molar-refractivity contribution in [1.82, 2.24) is 25.1 Å². The number of carbonyl (C=O) groups is 1. The summed E-state index contributed by atoms with van der Waals surface area (Å²) in [4.78, 5) is 21.0. The van der Waals surface area contributed by atoms with E-state index in [4.69, 9.17) is 0 Å². The lowest BCUT2D eigenvalue weighted by Gasteiger charge is -2.10. The summed E-state index contributed by atoms with van der Waals surface area (Å²) in [5.74, 6) is 0.226. The maximum atomic E-state index is 14.8. The molecule has 0 aliphatic carbocycles. The number of anilines is 2. The number of hydrogen-bond acceptors (Lipinski definition) is 5. The molecule has 4 aromatic rings. The van der Waals surface area contributed by atoms with Gasteiger partial charge in [0.2, 0.25) is 5.95 Å². The van der Waals surface area contributed by atoms with E-state index in [9.17, 15) is 9.18 Å². The molecule has 34 heavy (non-hydrogen) atoms. The standard InChI is InChI=1S/C26H25FN6O/c1-5-33-26(30-23-12-20-16(4)29-25(34)21(20)11-22(23)27)31-24(32-33)19-9-8-17(10-14(19)2)18-7-6-15(3)28-13-18/h6-13,16H,5H2,1-4H3,(H,29,34)(H,30,31,32). The van der Waals surface area contributed by atoms with Gasteiger partial charge in [-0.15, -0.1) is 5.10 Å². The van der Waals surface area contributed by atoms with E-state index in [-0.39, 0.29) is 17.6 Å². The van der Waals surface area contributed by atoms with Crippen molar-refractivity contribution in [2.45, 2.75) is 40.3 Å². The van der Waals surface area contributed by atoms with Crippen LogP contribution in [0.3, 0.4) is 0 Å². The molecule has 5 rings (SSSR count). The Balaban J connectivity index is 1.47. The van der Waals surface area contributed by atoms with Gasteiger partial charge in [-0.05, 0) is 62.6 Å². The zero-order valence-electron chi connectivity index (χ0n) is 19.5. The van der Waals surface area contributed by atoms with Crippen molar-refractivity contribution in [3.63, 3.8) is 0 Å². The number of benzene rings is 2. The minimum atomic E-state index is -0.512. The number of hydrogen-bond donors (Lipinski definition) is 2. The van der Waals surface area contributed by atoms with E-state index in [2.05, 4.69) is 37.8 Å². The number of carbonyl (C=O) groups excluding carboxylic acids is 1. The number of aryl methyl sites for hydroxylation is 3. The molecular weight excluding hydrogens is 431 g/mol. The van der Waals surface area contributed by atoms with Gasteiger partial charge >= 0.3 is 0 Å². The van der Waals surface area contributed by atoms with Crippen LogP contribution in [0.15, 0.2) is 48.7 Å². The summed E-state index contributed by atoms with van der Waals surface area (Å²) in [7, 11) is 0. The molecule has 2 N–H and O–H groups in total. The van der Waals surface area contributed by atoms with Crippen LogP contribution in [-0.4, -0.2) is 25.7 Å². The molecule has 1 aliphatic rings. The summed E-state index contributed by atoms with van der Waals surface area (Å²) >= 11 is 0. The SMILES string of the molecule is CCn1nc(-c2ccc(-c3ccc(C)nc3)cc2C)nc1Nc1cc2c(cc1F)C(=O)NC2C. The van der Waals surface area contributed by atoms with Gasteiger partial charge in [-0.25, -0.2) is 9.07 Å². The van der Waals surface area contributed by atoms with Crippen LogP contribution >= 0.6 is 0 Å². The van der Waals surface area contributed by atoms with E-state index in [0.717, 1.165) is 33.5 Å². The molecule has 1 unspecified atom stereocenters. The summed E-state index contributed by atoms with van der Waals surface area (Å²) in [5, 5.41) is 10.5. The third-order valence-electron chi connectivity index (χ3n) is 6.13. The Morgan fingerprint density at radius 2 is 1.88 bits per heavy atom. The van der Waals surface area contributed by atoms with Crippen molar-refractivity contribution in [2.75, 3.05) is 5.32 Å². The summed E-state index contributed by atoms with van der Waals surface area (Å²) in [6, 6.07) is 12.9. The average Bonchev–Trinajstić information content (AvgIpc) is 3.34. The number of pyridine rings is 1. The monoisotopic (exact) mass is 456 g/mol. The molecule has 1 amide bonds. The predicted octanol–water partition coefficient (Wildman–Crippen LogP) is 5.33. The highest BCUT2D eigenvalue weighted by Gasteiger charge is 2.27. The Hall–Kier alpha value is -4.07. The van der Waals surface area contributed by atoms with E-state index in [1.807, 2.05) is 52.1 Å². The highest BCUT2D eigenvalue weighted by molar-refractivity contribution is 5.99. The lowest BCUT2D eigenvalue weighted by Crippen LogP contribution is -2.16. The van der Waals surface area contributed by atoms with E-state index in [1.165, 1.54) is 6.07 Å². The van der Waals surface area contributed by atoms with Crippen molar-refractivity contribution in [3.05, 3.63) is 76.9 Å². The van der Waals surface area contributed by atoms with E-state index < -0.39 is 5.82 Å². The van der Waals surface area contributed by atoms with Crippen LogP contribution < -0.4 is 10.6 Å². The van der Waals surface area contributed by atoms with Crippen molar-refractivity contribution in [1.29, 1.82) is 0 Å². The normalized spacial score (nSPS) is 14.7. The summed E-state index contributed by atoms with van der Waals surface area (Å²) in [6.07, 6.45) is 1.87. The molecule has 0 spiro atoms. The van der Waals surface area contributed by atoms with Gasteiger partial charge in [0.25, 0.3) is 5.91 Å². The number of amides is 1. The second-order valence-corrected chi connectivity index (χ2v) is 8.53. The van der Waals surface area contributed by atoms with Crippen molar-refractivity contribution >= 4 is 17.5 Å². The molecule has 1 atom stereocenters. The van der Waals surface area contributed by atoms with Crippen LogP contribution in [0, 0.1) is 19.7 Å². The lowest BCUT2D eigenvalue weighted by molar-refractivity contribution is 0.0958. The molecule has 172 valence electrons. The molecule has 0 radical (unpaired) electrons. The first-order valence-corrected chi connectivity index (χ1v) is 11.2. The Morgan fingerprint density at radius 3 is 2.59 bits per heavy atom. The molecule has 7 nitrogen and oxygen atoms in total. The van der Waals surface area contributed by atoms with Crippen LogP contribution in [0.25, 0.3) is 22.5 Å². The summed E-state index contributed by atoms with van der Waals surface area (Å²) < 4.78 is 16.5. The first kappa shape index (κ1) is 21.8. The van der Waals surface area contributed by atoms with Gasteiger partial charge in [-0.2, -0.15) is 4.98 Å². The predicted molar refractivity (Wildman–Crippen MR) is 129 cm³/mol. The quantitative estimate of drug-likeness (QED) is 0.424. The topological polar surface area (TPSA) is 84.7 Å². The van der Waals surface area contributed by atoms with Crippen LogP contribution in [0.5, 0.6) is 0 Å². The van der Waals surface area contributed by atoms with Gasteiger partial charge in [0.15, 0.2) is 5.82 Å². The Labute approximate surface area is 197 Å². The molecule has 0 fully saturated rings. The fourth-order valence-electron chi connectivity index (χ4n) is 4.22. The van der Waals surface area contributed by atoms with Gasteiger partial charge < -0.3 is 10.6 Å². The minimum absolute atomic E-state index is 0.173. The number of fused-ring (bicyclic) bond motifs is 1.